The van der Waals surface area contributed by atoms with Crippen LogP contribution in [0.1, 0.15) is 11.5 Å². The minimum Gasteiger partial charge on any atom is -0.497 e. The number of benzene rings is 2. The van der Waals surface area contributed by atoms with Gasteiger partial charge in [0.2, 0.25) is 0 Å². The molecule has 6 heteroatoms. The van der Waals surface area contributed by atoms with Crippen molar-refractivity contribution in [2.24, 2.45) is 0 Å². The van der Waals surface area contributed by atoms with Crippen molar-refractivity contribution in [2.45, 2.75) is 12.2 Å². The summed E-state index contributed by atoms with van der Waals surface area (Å²) < 4.78 is 21.4. The monoisotopic (exact) mass is 328 g/mol. The minimum absolute atomic E-state index is 0.161. The van der Waals surface area contributed by atoms with Gasteiger partial charge in [-0.25, -0.2) is 0 Å². The van der Waals surface area contributed by atoms with Crippen molar-refractivity contribution in [2.75, 3.05) is 27.9 Å². The Kier molecular flexibility index (Phi) is 4.97. The number of hydrogen-bond acceptors (Lipinski definition) is 5. The van der Waals surface area contributed by atoms with E-state index < -0.39 is 7.12 Å². The molecule has 0 aliphatic carbocycles. The average molecular weight is 328 g/mol. The lowest BCUT2D eigenvalue weighted by Gasteiger charge is -2.14. The molecule has 0 spiro atoms. The Morgan fingerprint density at radius 3 is 2.38 bits per heavy atom. The van der Waals surface area contributed by atoms with E-state index in [1.165, 1.54) is 0 Å². The second-order valence-corrected chi connectivity index (χ2v) is 5.79. The lowest BCUT2D eigenvalue weighted by molar-refractivity contribution is 0.292. The Labute approximate surface area is 142 Å². The van der Waals surface area contributed by atoms with Crippen LogP contribution < -0.4 is 14.2 Å². The van der Waals surface area contributed by atoms with E-state index in [1.807, 2.05) is 30.3 Å². The van der Waals surface area contributed by atoms with Gasteiger partial charge in [-0.1, -0.05) is 12.1 Å². The molecule has 0 amide bonds. The van der Waals surface area contributed by atoms with Crippen molar-refractivity contribution in [3.63, 3.8) is 0 Å². The molecule has 1 aliphatic rings. The summed E-state index contributed by atoms with van der Waals surface area (Å²) in [6.07, 6.45) is 0.596. The van der Waals surface area contributed by atoms with Crippen molar-refractivity contribution in [1.82, 2.24) is 0 Å². The summed E-state index contributed by atoms with van der Waals surface area (Å²) >= 11 is 0. The van der Waals surface area contributed by atoms with Gasteiger partial charge in [0.15, 0.2) is 11.5 Å². The second-order valence-electron chi connectivity index (χ2n) is 5.79. The number of hydrogen-bond donors (Lipinski definition) is 1. The molecule has 5 nitrogen and oxygen atoms in total. The number of rotatable bonds is 5. The zero-order valence-corrected chi connectivity index (χ0v) is 14.1. The Bertz CT molecular complexity index is 719. The lowest BCUT2D eigenvalue weighted by atomic mass is 9.79. The van der Waals surface area contributed by atoms with Crippen LogP contribution in [0.15, 0.2) is 36.4 Å². The first-order valence-corrected chi connectivity index (χ1v) is 7.85. The molecule has 1 fully saturated rings. The van der Waals surface area contributed by atoms with E-state index in [0.717, 1.165) is 22.4 Å². The molecule has 0 saturated carbocycles. The summed E-state index contributed by atoms with van der Waals surface area (Å²) in [5.41, 5.74) is 3.12. The Morgan fingerprint density at radius 2 is 1.75 bits per heavy atom. The van der Waals surface area contributed by atoms with E-state index in [9.17, 15) is 5.02 Å². The van der Waals surface area contributed by atoms with Crippen LogP contribution in [-0.4, -0.2) is 40.1 Å². The molecule has 126 valence electrons. The SMILES string of the molecule is COc1cc(-c2ccc(OC)c(OC)c2)cc([C@H]2COB(O)C2)c1. The fourth-order valence-electron chi connectivity index (χ4n) is 3.00. The van der Waals surface area contributed by atoms with E-state index in [1.54, 1.807) is 21.3 Å². The number of methoxy groups -OCH3 is 3. The van der Waals surface area contributed by atoms with Crippen LogP contribution in [0.5, 0.6) is 17.2 Å². The van der Waals surface area contributed by atoms with Crippen LogP contribution in [0, 0.1) is 0 Å². The predicted molar refractivity (Wildman–Crippen MR) is 93.0 cm³/mol. The molecule has 1 atom stereocenters. The minimum atomic E-state index is -0.689. The van der Waals surface area contributed by atoms with Gasteiger partial charge < -0.3 is 23.9 Å². The summed E-state index contributed by atoms with van der Waals surface area (Å²) in [7, 11) is 4.20. The summed E-state index contributed by atoms with van der Waals surface area (Å²) in [6.45, 7) is 0.514. The maximum atomic E-state index is 9.62. The van der Waals surface area contributed by atoms with Crippen molar-refractivity contribution in [1.29, 1.82) is 0 Å². The van der Waals surface area contributed by atoms with Crippen LogP contribution >= 0.6 is 0 Å². The quantitative estimate of drug-likeness (QED) is 0.855. The van der Waals surface area contributed by atoms with Crippen LogP contribution in [0.25, 0.3) is 11.1 Å². The molecule has 2 aromatic rings. The molecule has 0 radical (unpaired) electrons. The van der Waals surface area contributed by atoms with Gasteiger partial charge in [-0.2, -0.15) is 0 Å². The van der Waals surface area contributed by atoms with E-state index in [2.05, 4.69) is 6.07 Å². The largest absolute Gasteiger partial charge is 0.497 e. The molecule has 2 aromatic carbocycles. The van der Waals surface area contributed by atoms with Gasteiger partial charge in [0.25, 0.3) is 0 Å². The van der Waals surface area contributed by atoms with E-state index in [0.29, 0.717) is 24.4 Å². The summed E-state index contributed by atoms with van der Waals surface area (Å²) in [6, 6.07) is 11.9. The Morgan fingerprint density at radius 1 is 0.958 bits per heavy atom. The van der Waals surface area contributed by atoms with Crippen LogP contribution in [-0.2, 0) is 4.65 Å². The molecular formula is C18H21BO5. The molecule has 1 aliphatic heterocycles. The van der Waals surface area contributed by atoms with E-state index in [-0.39, 0.29) is 5.92 Å². The van der Waals surface area contributed by atoms with Gasteiger partial charge >= 0.3 is 7.12 Å². The van der Waals surface area contributed by atoms with Gasteiger partial charge in [-0.05, 0) is 47.3 Å². The van der Waals surface area contributed by atoms with E-state index in [4.69, 9.17) is 18.9 Å². The zero-order valence-electron chi connectivity index (χ0n) is 14.1. The van der Waals surface area contributed by atoms with Gasteiger partial charge in [-0.3, -0.25) is 0 Å². The molecule has 0 bridgehead atoms. The van der Waals surface area contributed by atoms with Crippen molar-refractivity contribution in [3.05, 3.63) is 42.0 Å². The standard InChI is InChI=1S/C18H21BO5/c1-21-16-7-13(6-14(8-16)15-10-19(20)24-11-15)12-4-5-17(22-2)18(9-12)23-3/h4-9,15,20H,10-11H2,1-3H3/t15-/m1/s1. The van der Waals surface area contributed by atoms with Crippen LogP contribution in [0.4, 0.5) is 0 Å². The molecule has 1 saturated heterocycles. The fraction of sp³-hybridized carbons (Fsp3) is 0.333. The highest BCUT2D eigenvalue weighted by Gasteiger charge is 2.30. The molecule has 1 N–H and O–H groups in total. The highest BCUT2D eigenvalue weighted by molar-refractivity contribution is 6.43. The fourth-order valence-corrected chi connectivity index (χ4v) is 3.00. The van der Waals surface area contributed by atoms with E-state index >= 15 is 0 Å². The highest BCUT2D eigenvalue weighted by atomic mass is 16.5. The van der Waals surface area contributed by atoms with Gasteiger partial charge in [-0.15, -0.1) is 0 Å². The lowest BCUT2D eigenvalue weighted by Crippen LogP contribution is -2.07. The smallest absolute Gasteiger partial charge is 0.454 e. The van der Waals surface area contributed by atoms with Crippen molar-refractivity contribution in [3.8, 4) is 28.4 Å². The Balaban J connectivity index is 2.01. The molecule has 0 unspecified atom stereocenters. The maximum Gasteiger partial charge on any atom is 0.454 e. The summed E-state index contributed by atoms with van der Waals surface area (Å²) in [5.74, 6) is 2.31. The third kappa shape index (κ3) is 3.35. The third-order valence-electron chi connectivity index (χ3n) is 4.33. The van der Waals surface area contributed by atoms with Crippen molar-refractivity contribution < 1.29 is 23.9 Å². The molecule has 0 aromatic heterocycles. The molecular weight excluding hydrogens is 307 g/mol. The summed E-state index contributed by atoms with van der Waals surface area (Å²) in [4.78, 5) is 0. The number of ether oxygens (including phenoxy) is 3. The molecule has 24 heavy (non-hydrogen) atoms. The third-order valence-corrected chi connectivity index (χ3v) is 4.33. The normalized spacial score (nSPS) is 17.0. The zero-order chi connectivity index (χ0) is 17.1. The maximum absolute atomic E-state index is 9.62. The van der Waals surface area contributed by atoms with Crippen LogP contribution in [0.2, 0.25) is 6.32 Å². The van der Waals surface area contributed by atoms with Gasteiger partial charge in [0, 0.05) is 12.5 Å². The Hall–Kier alpha value is -2.18. The van der Waals surface area contributed by atoms with Crippen LogP contribution in [0.3, 0.4) is 0 Å². The average Bonchev–Trinajstić information content (AvgIpc) is 3.07. The summed E-state index contributed by atoms with van der Waals surface area (Å²) in [5, 5.41) is 9.62. The first kappa shape index (κ1) is 16.7. The first-order valence-electron chi connectivity index (χ1n) is 7.85. The molecule has 1 heterocycles. The second kappa shape index (κ2) is 7.15. The predicted octanol–water partition coefficient (Wildman–Crippen LogP) is 2.97. The van der Waals surface area contributed by atoms with Gasteiger partial charge in [0.05, 0.1) is 21.3 Å². The molecule has 3 rings (SSSR count). The van der Waals surface area contributed by atoms with Gasteiger partial charge in [0.1, 0.15) is 5.75 Å². The van der Waals surface area contributed by atoms with Crippen molar-refractivity contribution >= 4 is 7.12 Å². The highest BCUT2D eigenvalue weighted by Crippen LogP contribution is 2.37. The topological polar surface area (TPSA) is 57.2 Å². The first-order chi connectivity index (χ1) is 11.6.